The van der Waals surface area contributed by atoms with Gasteiger partial charge in [-0.25, -0.2) is 0 Å². The van der Waals surface area contributed by atoms with Crippen molar-refractivity contribution >= 4 is 17.3 Å². The first-order chi connectivity index (χ1) is 10.2. The number of ketones is 1. The molecule has 0 atom stereocenters. The lowest BCUT2D eigenvalue weighted by atomic mass is 10.1. The molecule has 5 nitrogen and oxygen atoms in total. The number of furan rings is 1. The number of aliphatic hydroxyl groups is 1. The lowest BCUT2D eigenvalue weighted by molar-refractivity contribution is 0.104. The van der Waals surface area contributed by atoms with Crippen LogP contribution in [0, 0.1) is 11.3 Å². The molecule has 102 valence electrons. The average Bonchev–Trinajstić information content (AvgIpc) is 3.11. The molecule has 0 saturated heterocycles. The number of aliphatic imine (C=N–C) groups is 1. The van der Waals surface area contributed by atoms with Crippen molar-refractivity contribution in [2.45, 2.75) is 6.54 Å². The van der Waals surface area contributed by atoms with E-state index < -0.39 is 0 Å². The summed E-state index contributed by atoms with van der Waals surface area (Å²) in [6, 6.07) is 12.0. The first kappa shape index (κ1) is 12.9. The Morgan fingerprint density at radius 2 is 2.00 bits per heavy atom. The summed E-state index contributed by atoms with van der Waals surface area (Å²) in [4.78, 5) is 16.4. The molecule has 0 spiro atoms. The minimum Gasteiger partial charge on any atom is -0.506 e. The van der Waals surface area contributed by atoms with Crippen LogP contribution in [0.2, 0.25) is 0 Å². The molecule has 1 aromatic carbocycles. The van der Waals surface area contributed by atoms with Gasteiger partial charge in [0.2, 0.25) is 0 Å². The summed E-state index contributed by atoms with van der Waals surface area (Å²) in [5.41, 5.74) is 0.666. The highest BCUT2D eigenvalue weighted by molar-refractivity contribution is 6.39. The first-order valence-electron chi connectivity index (χ1n) is 6.27. The van der Waals surface area contributed by atoms with E-state index in [-0.39, 0.29) is 29.4 Å². The summed E-state index contributed by atoms with van der Waals surface area (Å²) in [5.74, 6) is -0.0102. The Balaban J connectivity index is 1.99. The van der Waals surface area contributed by atoms with E-state index >= 15 is 0 Å². The van der Waals surface area contributed by atoms with E-state index in [1.807, 2.05) is 6.07 Å². The van der Waals surface area contributed by atoms with Gasteiger partial charge < -0.3 is 9.52 Å². The molecule has 0 fully saturated rings. The van der Waals surface area contributed by atoms with E-state index in [1.165, 1.54) is 6.26 Å². The summed E-state index contributed by atoms with van der Waals surface area (Å²) in [6.45, 7) is 0.135. The van der Waals surface area contributed by atoms with E-state index in [4.69, 9.17) is 4.42 Å². The normalized spacial score (nSPS) is 14.2. The Morgan fingerprint density at radius 1 is 1.24 bits per heavy atom. The molecule has 0 amide bonds. The Hall–Kier alpha value is -3.13. The molecule has 1 aliphatic carbocycles. The van der Waals surface area contributed by atoms with Crippen molar-refractivity contribution in [3.63, 3.8) is 0 Å². The number of hydrogen-bond donors (Lipinski definition) is 1. The van der Waals surface area contributed by atoms with Gasteiger partial charge >= 0.3 is 0 Å². The molecular weight excluding hydrogens is 268 g/mol. The third-order valence-electron chi connectivity index (χ3n) is 3.21. The molecule has 21 heavy (non-hydrogen) atoms. The van der Waals surface area contributed by atoms with Gasteiger partial charge in [0.05, 0.1) is 12.8 Å². The smallest absolute Gasteiger partial charge is 0.200 e. The van der Waals surface area contributed by atoms with Gasteiger partial charge in [-0.2, -0.15) is 5.26 Å². The van der Waals surface area contributed by atoms with Gasteiger partial charge in [0.25, 0.3) is 0 Å². The van der Waals surface area contributed by atoms with Crippen LogP contribution in [0.5, 0.6) is 0 Å². The predicted molar refractivity (Wildman–Crippen MR) is 75.8 cm³/mol. The second kappa shape index (κ2) is 5.10. The fourth-order valence-electron chi connectivity index (χ4n) is 2.21. The Labute approximate surface area is 120 Å². The number of Topliss-reactive ketones (excluding diaryl/α,β-unsaturated/α-hetero) is 1. The number of carbonyl (C=O) groups excluding carboxylic acids is 1. The molecule has 1 N–H and O–H groups in total. The topological polar surface area (TPSA) is 86.6 Å². The van der Waals surface area contributed by atoms with E-state index in [9.17, 15) is 15.2 Å². The average molecular weight is 278 g/mol. The third-order valence-corrected chi connectivity index (χ3v) is 3.21. The zero-order valence-corrected chi connectivity index (χ0v) is 10.9. The van der Waals surface area contributed by atoms with Crippen LogP contribution < -0.4 is 0 Å². The Morgan fingerprint density at radius 3 is 2.62 bits per heavy atom. The van der Waals surface area contributed by atoms with Crippen molar-refractivity contribution in [1.82, 2.24) is 0 Å². The van der Waals surface area contributed by atoms with Crippen molar-refractivity contribution in [1.29, 1.82) is 5.26 Å². The number of aliphatic hydroxyl groups excluding tert-OH is 1. The Bertz CT molecular complexity index is 808. The second-order valence-corrected chi connectivity index (χ2v) is 4.45. The van der Waals surface area contributed by atoms with Crippen LogP contribution in [0.3, 0.4) is 0 Å². The van der Waals surface area contributed by atoms with Crippen LogP contribution in [0.4, 0.5) is 0 Å². The number of carbonyl (C=O) groups is 1. The van der Waals surface area contributed by atoms with E-state index in [1.54, 1.807) is 36.4 Å². The lowest BCUT2D eigenvalue weighted by Crippen LogP contribution is -2.09. The van der Waals surface area contributed by atoms with Crippen LogP contribution in [0.25, 0.3) is 5.76 Å². The van der Waals surface area contributed by atoms with Crippen molar-refractivity contribution in [2.24, 2.45) is 4.99 Å². The molecule has 0 bridgehead atoms. The van der Waals surface area contributed by atoms with Gasteiger partial charge in [-0.1, -0.05) is 24.3 Å². The van der Waals surface area contributed by atoms with Crippen molar-refractivity contribution < 1.29 is 14.3 Å². The number of hydrogen-bond acceptors (Lipinski definition) is 5. The molecule has 1 aliphatic rings. The lowest BCUT2D eigenvalue weighted by Gasteiger charge is -1.99. The van der Waals surface area contributed by atoms with Gasteiger partial charge in [0.1, 0.15) is 23.2 Å². The Kier molecular flexibility index (Phi) is 3.13. The van der Waals surface area contributed by atoms with Gasteiger partial charge in [0.15, 0.2) is 11.5 Å². The molecule has 0 aliphatic heterocycles. The van der Waals surface area contributed by atoms with E-state index in [0.717, 1.165) is 0 Å². The first-order valence-corrected chi connectivity index (χ1v) is 6.27. The van der Waals surface area contributed by atoms with Crippen LogP contribution in [0.1, 0.15) is 21.7 Å². The zero-order valence-electron chi connectivity index (χ0n) is 10.9. The number of benzene rings is 1. The van der Waals surface area contributed by atoms with E-state index in [0.29, 0.717) is 16.9 Å². The van der Waals surface area contributed by atoms with Gasteiger partial charge in [-0.3, -0.25) is 9.79 Å². The highest BCUT2D eigenvalue weighted by Crippen LogP contribution is 2.31. The number of allylic oxidation sites excluding steroid dienone is 1. The molecule has 1 aromatic heterocycles. The van der Waals surface area contributed by atoms with E-state index in [2.05, 4.69) is 4.99 Å². The van der Waals surface area contributed by atoms with Crippen molar-refractivity contribution in [2.75, 3.05) is 0 Å². The van der Waals surface area contributed by atoms with Gasteiger partial charge in [-0.15, -0.1) is 0 Å². The molecule has 0 saturated carbocycles. The zero-order chi connectivity index (χ0) is 14.8. The molecule has 3 rings (SSSR count). The largest absolute Gasteiger partial charge is 0.506 e. The quantitative estimate of drug-likeness (QED) is 0.874. The highest BCUT2D eigenvalue weighted by Gasteiger charge is 2.32. The maximum Gasteiger partial charge on any atom is 0.200 e. The van der Waals surface area contributed by atoms with Crippen molar-refractivity contribution in [3.05, 3.63) is 65.1 Å². The molecule has 0 unspecified atom stereocenters. The second-order valence-electron chi connectivity index (χ2n) is 4.45. The minimum atomic E-state index is -0.386. The van der Waals surface area contributed by atoms with Crippen molar-refractivity contribution in [3.8, 4) is 6.07 Å². The molecular formula is C16H10N2O3. The fourth-order valence-corrected chi connectivity index (χ4v) is 2.21. The highest BCUT2D eigenvalue weighted by atomic mass is 16.3. The number of nitriles is 1. The van der Waals surface area contributed by atoms with Crippen LogP contribution in [0.15, 0.2) is 57.6 Å². The maximum absolute atomic E-state index is 12.3. The maximum atomic E-state index is 12.3. The minimum absolute atomic E-state index is 0.0507. The summed E-state index contributed by atoms with van der Waals surface area (Å²) >= 11 is 0. The molecule has 0 radical (unpaired) electrons. The summed E-state index contributed by atoms with van der Waals surface area (Å²) in [5, 5.41) is 19.4. The van der Waals surface area contributed by atoms with Gasteiger partial charge in [0, 0.05) is 11.1 Å². The molecule has 5 heteroatoms. The fraction of sp³-hybridized carbons (Fsp3) is 0.0625. The number of nitrogens with zero attached hydrogens (tertiary/aromatic N) is 2. The predicted octanol–water partition coefficient (Wildman–Crippen LogP) is 2.91. The number of fused-ring (bicyclic) bond motifs is 1. The SMILES string of the molecule is N#CC(=NCc1ccco1)C1=C(O)c2ccccc2C1=O. The van der Waals surface area contributed by atoms with Gasteiger partial charge in [-0.05, 0) is 12.1 Å². The van der Waals surface area contributed by atoms with Crippen LogP contribution >= 0.6 is 0 Å². The molecule has 1 heterocycles. The monoisotopic (exact) mass is 278 g/mol. The standard InChI is InChI=1S/C16H10N2O3/c17-8-13(18-9-10-4-3-7-21-10)14-15(19)11-5-1-2-6-12(11)16(14)20/h1-7,19H,9H2. The number of rotatable bonds is 3. The summed E-state index contributed by atoms with van der Waals surface area (Å²) < 4.78 is 5.13. The molecule has 2 aromatic rings. The van der Waals surface area contributed by atoms with Crippen LogP contribution in [-0.4, -0.2) is 16.6 Å². The summed E-state index contributed by atoms with van der Waals surface area (Å²) in [7, 11) is 0. The summed E-state index contributed by atoms with van der Waals surface area (Å²) in [6.07, 6.45) is 1.50. The third kappa shape index (κ3) is 2.13. The van der Waals surface area contributed by atoms with Crippen LogP contribution in [-0.2, 0) is 6.54 Å².